The Morgan fingerprint density at radius 1 is 1.09 bits per heavy atom. The molecule has 11 nitrogen and oxygen atoms in total. The highest BCUT2D eigenvalue weighted by Gasteiger charge is 2.39. The number of rotatable bonds is 16. The van der Waals surface area contributed by atoms with Crippen molar-refractivity contribution in [3.8, 4) is 11.5 Å². The molecule has 2 rings (SSSR count). The zero-order chi connectivity index (χ0) is 32.1. The van der Waals surface area contributed by atoms with Crippen LogP contribution in [0.25, 0.3) is 6.08 Å². The molecule has 1 aromatic rings. The lowest BCUT2D eigenvalue weighted by atomic mass is 10.0. The van der Waals surface area contributed by atoms with Crippen LogP contribution in [0.1, 0.15) is 64.5 Å². The lowest BCUT2D eigenvalue weighted by Gasteiger charge is -2.31. The molecule has 1 heterocycles. The Hall–Kier alpha value is -4.15. The summed E-state index contributed by atoms with van der Waals surface area (Å²) >= 11 is 0. The van der Waals surface area contributed by atoms with Crippen molar-refractivity contribution < 1.29 is 33.4 Å². The van der Waals surface area contributed by atoms with E-state index < -0.39 is 41.6 Å². The normalized spacial score (nSPS) is 16.0. The number of methoxy groups -OCH3 is 2. The molecule has 0 radical (unpaired) electrons. The largest absolute Gasteiger partial charge is 0.493 e. The van der Waals surface area contributed by atoms with E-state index in [1.165, 1.54) is 17.1 Å². The maximum Gasteiger partial charge on any atom is 0.289 e. The second kappa shape index (κ2) is 17.1. The number of nitrogens with one attached hydrogen (secondary N) is 3. The highest BCUT2D eigenvalue weighted by molar-refractivity contribution is 6.38. The minimum Gasteiger partial charge on any atom is -0.493 e. The third-order valence-electron chi connectivity index (χ3n) is 7.30. The van der Waals surface area contributed by atoms with Gasteiger partial charge in [-0.1, -0.05) is 40.2 Å². The molecule has 4 amide bonds. The summed E-state index contributed by atoms with van der Waals surface area (Å²) in [5.41, 5.74) is 1.67. The molecule has 3 atom stereocenters. The van der Waals surface area contributed by atoms with E-state index in [0.717, 1.165) is 11.1 Å². The van der Waals surface area contributed by atoms with Gasteiger partial charge in [-0.2, -0.15) is 0 Å². The monoisotopic (exact) mass is 598 g/mol. The van der Waals surface area contributed by atoms with E-state index in [9.17, 15) is 24.0 Å². The van der Waals surface area contributed by atoms with Gasteiger partial charge in [0.05, 0.1) is 20.3 Å². The Labute approximate surface area is 254 Å². The quantitative estimate of drug-likeness (QED) is 0.151. The van der Waals surface area contributed by atoms with Crippen LogP contribution in [0.5, 0.6) is 11.5 Å². The number of carbonyl (C=O) groups excluding carboxylic acids is 5. The summed E-state index contributed by atoms with van der Waals surface area (Å²) < 4.78 is 10.9. The lowest BCUT2D eigenvalue weighted by molar-refractivity contribution is -0.143. The second-order valence-electron chi connectivity index (χ2n) is 10.7. The topological polar surface area (TPSA) is 143 Å². The maximum absolute atomic E-state index is 13.7. The van der Waals surface area contributed by atoms with Gasteiger partial charge in [0, 0.05) is 19.2 Å². The van der Waals surface area contributed by atoms with Gasteiger partial charge in [0.25, 0.3) is 5.91 Å². The number of hydrogen-bond acceptors (Lipinski definition) is 7. The Kier molecular flexibility index (Phi) is 13.9. The van der Waals surface area contributed by atoms with Gasteiger partial charge in [-0.3, -0.25) is 24.0 Å². The van der Waals surface area contributed by atoms with Gasteiger partial charge in [0.2, 0.25) is 23.5 Å². The summed E-state index contributed by atoms with van der Waals surface area (Å²) in [5.74, 6) is -1.94. The summed E-state index contributed by atoms with van der Waals surface area (Å²) in [4.78, 5) is 66.2. The first-order chi connectivity index (χ1) is 20.5. The molecule has 11 heteroatoms. The van der Waals surface area contributed by atoms with E-state index in [-0.39, 0.29) is 24.8 Å². The third kappa shape index (κ3) is 9.42. The molecule has 236 valence electrons. The average Bonchev–Trinajstić information content (AvgIpc) is 3.50. The highest BCUT2D eigenvalue weighted by Crippen LogP contribution is 2.33. The van der Waals surface area contributed by atoms with Crippen molar-refractivity contribution in [1.82, 2.24) is 20.9 Å². The van der Waals surface area contributed by atoms with Crippen LogP contribution in [0.4, 0.5) is 0 Å². The van der Waals surface area contributed by atoms with Crippen LogP contribution in [-0.2, 0) is 30.4 Å². The fraction of sp³-hybridized carbons (Fsp3) is 0.531. The Balaban J connectivity index is 2.16. The van der Waals surface area contributed by atoms with E-state index in [1.807, 2.05) is 33.8 Å². The minimum absolute atomic E-state index is 0.133. The fourth-order valence-electron chi connectivity index (χ4n) is 5.03. The van der Waals surface area contributed by atoms with Crippen LogP contribution in [0.2, 0.25) is 0 Å². The summed E-state index contributed by atoms with van der Waals surface area (Å²) in [5, 5.41) is 7.93. The van der Waals surface area contributed by atoms with Crippen LogP contribution in [0.3, 0.4) is 0 Å². The first-order valence-electron chi connectivity index (χ1n) is 14.8. The zero-order valence-corrected chi connectivity index (χ0v) is 26.2. The fourth-order valence-corrected chi connectivity index (χ4v) is 5.03. The van der Waals surface area contributed by atoms with Crippen LogP contribution < -0.4 is 25.4 Å². The predicted molar refractivity (Wildman–Crippen MR) is 165 cm³/mol. The molecule has 43 heavy (non-hydrogen) atoms. The van der Waals surface area contributed by atoms with Crippen molar-refractivity contribution in [2.75, 3.05) is 27.3 Å². The van der Waals surface area contributed by atoms with Gasteiger partial charge in [-0.25, -0.2) is 0 Å². The molecule has 0 bridgehead atoms. The standard InChI is InChI=1S/C32H46N4O7/c1-8-12-23(28(38)31(40)33-16-9-2)34-30(39)24-13-11-17-36(24)32(41)27(20(4)5)35-26(37)15-14-21-18-22(10-3)29(43-7)25(19-21)42-6/h9,14-15,18-20,23-24,27H,2,8,10-13,16-17H2,1,3-7H3,(H,33,40)(H,34,39)(H,35,37)/b15-14+/t23-,24-,27-/m0/s1. The van der Waals surface area contributed by atoms with Crippen molar-refractivity contribution in [3.63, 3.8) is 0 Å². The van der Waals surface area contributed by atoms with Crippen molar-refractivity contribution >= 4 is 35.5 Å². The Bertz CT molecular complexity index is 1190. The number of likely N-dealkylation sites (tertiary alicyclic amines) is 1. The lowest BCUT2D eigenvalue weighted by Crippen LogP contribution is -2.57. The van der Waals surface area contributed by atoms with Gasteiger partial charge in [0.1, 0.15) is 12.1 Å². The Morgan fingerprint density at radius 2 is 1.81 bits per heavy atom. The first-order valence-corrected chi connectivity index (χ1v) is 14.8. The number of ether oxygens (including phenoxy) is 2. The van der Waals surface area contributed by atoms with Crippen LogP contribution in [0.15, 0.2) is 30.9 Å². The van der Waals surface area contributed by atoms with Crippen molar-refractivity contribution in [3.05, 3.63) is 42.0 Å². The highest BCUT2D eigenvalue weighted by atomic mass is 16.5. The van der Waals surface area contributed by atoms with Crippen LogP contribution in [-0.4, -0.2) is 79.7 Å². The van der Waals surface area contributed by atoms with Gasteiger partial charge in [-0.05, 0) is 60.9 Å². The first kappa shape index (κ1) is 35.0. The second-order valence-corrected chi connectivity index (χ2v) is 10.7. The van der Waals surface area contributed by atoms with Crippen molar-refractivity contribution in [2.45, 2.75) is 77.9 Å². The van der Waals surface area contributed by atoms with Crippen molar-refractivity contribution in [1.29, 1.82) is 0 Å². The van der Waals surface area contributed by atoms with E-state index >= 15 is 0 Å². The summed E-state index contributed by atoms with van der Waals surface area (Å²) in [6.07, 6.45) is 7.01. The zero-order valence-electron chi connectivity index (χ0n) is 26.2. The molecule has 1 aliphatic rings. The Morgan fingerprint density at radius 3 is 2.40 bits per heavy atom. The van der Waals surface area contributed by atoms with Gasteiger partial charge in [0.15, 0.2) is 11.5 Å². The number of Topliss-reactive ketones (excluding diaryl/α,β-unsaturated/α-hetero) is 1. The molecule has 0 unspecified atom stereocenters. The van der Waals surface area contributed by atoms with Crippen molar-refractivity contribution in [2.24, 2.45) is 5.92 Å². The number of carbonyl (C=O) groups is 5. The number of amides is 4. The summed E-state index contributed by atoms with van der Waals surface area (Å²) in [6.45, 7) is 11.5. The molecular weight excluding hydrogens is 552 g/mol. The minimum atomic E-state index is -1.00. The smallest absolute Gasteiger partial charge is 0.289 e. The molecule has 1 aliphatic heterocycles. The van der Waals surface area contributed by atoms with E-state index in [0.29, 0.717) is 43.7 Å². The number of aryl methyl sites for hydroxylation is 1. The third-order valence-corrected chi connectivity index (χ3v) is 7.30. The number of nitrogens with zero attached hydrogens (tertiary/aromatic N) is 1. The molecule has 0 aliphatic carbocycles. The predicted octanol–water partition coefficient (Wildman–Crippen LogP) is 2.57. The molecule has 0 spiro atoms. The molecule has 1 aromatic carbocycles. The number of hydrogen-bond donors (Lipinski definition) is 3. The molecular formula is C32H46N4O7. The molecule has 0 saturated carbocycles. The van der Waals surface area contributed by atoms with E-state index in [4.69, 9.17) is 9.47 Å². The number of ketones is 1. The maximum atomic E-state index is 13.7. The van der Waals surface area contributed by atoms with Crippen LogP contribution in [0, 0.1) is 5.92 Å². The molecule has 0 aromatic heterocycles. The van der Waals surface area contributed by atoms with E-state index in [1.54, 1.807) is 26.4 Å². The molecule has 1 saturated heterocycles. The molecule has 3 N–H and O–H groups in total. The number of benzene rings is 1. The summed E-state index contributed by atoms with van der Waals surface area (Å²) in [7, 11) is 3.12. The summed E-state index contributed by atoms with van der Waals surface area (Å²) in [6, 6.07) is 0.975. The SMILES string of the molecule is C=CCNC(=O)C(=O)[C@H](CCC)NC(=O)[C@@H]1CCCN1C(=O)[C@@H](NC(=O)/C=C/c1cc(CC)c(OC)c(OC)c1)C(C)C. The van der Waals surface area contributed by atoms with Crippen LogP contribution >= 0.6 is 0 Å². The van der Waals surface area contributed by atoms with Gasteiger partial charge < -0.3 is 30.3 Å². The van der Waals surface area contributed by atoms with Gasteiger partial charge in [-0.15, -0.1) is 6.58 Å². The average molecular weight is 599 g/mol. The van der Waals surface area contributed by atoms with Gasteiger partial charge >= 0.3 is 0 Å². The molecule has 1 fully saturated rings. The van der Waals surface area contributed by atoms with E-state index in [2.05, 4.69) is 22.5 Å².